The zero-order chi connectivity index (χ0) is 15.7. The summed E-state index contributed by atoms with van der Waals surface area (Å²) in [5.74, 6) is 1.22. The highest BCUT2D eigenvalue weighted by molar-refractivity contribution is 5.06. The van der Waals surface area contributed by atoms with Crippen molar-refractivity contribution in [2.75, 3.05) is 0 Å². The fourth-order valence-electron chi connectivity index (χ4n) is 2.29. The monoisotopic (exact) mass is 274 g/mol. The third-order valence-corrected chi connectivity index (χ3v) is 3.88. The van der Waals surface area contributed by atoms with Crippen LogP contribution in [0.15, 0.2) is 47.6 Å². The molecule has 0 amide bonds. The van der Waals surface area contributed by atoms with Gasteiger partial charge in [0.1, 0.15) is 0 Å². The zero-order valence-corrected chi connectivity index (χ0v) is 14.6. The SMILES string of the molecule is C=C(C)C(CC=C(C)C)CCC(CC=C(C)C)C(=C)C. The topological polar surface area (TPSA) is 0 Å². The summed E-state index contributed by atoms with van der Waals surface area (Å²) in [7, 11) is 0. The summed E-state index contributed by atoms with van der Waals surface area (Å²) < 4.78 is 0. The quantitative estimate of drug-likeness (QED) is 0.403. The molecule has 2 atom stereocenters. The smallest absolute Gasteiger partial charge is 0.0174 e. The molecule has 0 spiro atoms. The first-order valence-electron chi connectivity index (χ1n) is 7.81. The highest BCUT2D eigenvalue weighted by atomic mass is 14.2. The predicted octanol–water partition coefficient (Wildman–Crippen LogP) is 6.86. The maximum atomic E-state index is 4.17. The van der Waals surface area contributed by atoms with Crippen LogP contribution >= 0.6 is 0 Å². The van der Waals surface area contributed by atoms with Gasteiger partial charge in [-0.15, -0.1) is 0 Å². The zero-order valence-electron chi connectivity index (χ0n) is 14.6. The van der Waals surface area contributed by atoms with E-state index in [-0.39, 0.29) is 0 Å². The fourth-order valence-corrected chi connectivity index (χ4v) is 2.29. The molecule has 0 aliphatic carbocycles. The van der Waals surface area contributed by atoms with Crippen LogP contribution in [0.25, 0.3) is 0 Å². The lowest BCUT2D eigenvalue weighted by Crippen LogP contribution is -2.07. The number of rotatable bonds is 9. The molecule has 2 unspecified atom stereocenters. The van der Waals surface area contributed by atoms with Crippen LogP contribution in [-0.4, -0.2) is 0 Å². The Balaban J connectivity index is 4.55. The highest BCUT2D eigenvalue weighted by Crippen LogP contribution is 2.27. The Labute approximate surface area is 127 Å². The summed E-state index contributed by atoms with van der Waals surface area (Å²) in [6.07, 6.45) is 9.36. The van der Waals surface area contributed by atoms with E-state index in [1.807, 2.05) is 0 Å². The molecule has 0 bridgehead atoms. The molecule has 0 saturated carbocycles. The van der Waals surface area contributed by atoms with Crippen molar-refractivity contribution in [1.82, 2.24) is 0 Å². The van der Waals surface area contributed by atoms with E-state index >= 15 is 0 Å². The van der Waals surface area contributed by atoms with E-state index in [0.29, 0.717) is 11.8 Å². The van der Waals surface area contributed by atoms with Crippen LogP contribution in [-0.2, 0) is 0 Å². The molecule has 0 aromatic carbocycles. The molecule has 0 heterocycles. The molecule has 0 nitrogen and oxygen atoms in total. The molecule has 0 fully saturated rings. The molecule has 20 heavy (non-hydrogen) atoms. The Morgan fingerprint density at radius 2 is 1.00 bits per heavy atom. The van der Waals surface area contributed by atoms with Crippen LogP contribution in [0.3, 0.4) is 0 Å². The normalized spacial score (nSPS) is 13.3. The summed E-state index contributed by atoms with van der Waals surface area (Å²) in [5.41, 5.74) is 5.42. The average molecular weight is 274 g/mol. The van der Waals surface area contributed by atoms with Gasteiger partial charge in [-0.3, -0.25) is 0 Å². The van der Waals surface area contributed by atoms with Gasteiger partial charge in [0.05, 0.1) is 0 Å². The fraction of sp³-hybridized carbons (Fsp3) is 0.600. The van der Waals surface area contributed by atoms with E-state index in [1.54, 1.807) is 0 Å². The van der Waals surface area contributed by atoms with Crippen LogP contribution in [0.2, 0.25) is 0 Å². The lowest BCUT2D eigenvalue weighted by atomic mass is 9.85. The minimum absolute atomic E-state index is 0.610. The molecule has 0 rings (SSSR count). The number of hydrogen-bond acceptors (Lipinski definition) is 0. The lowest BCUT2D eigenvalue weighted by Gasteiger charge is -2.21. The molecule has 0 saturated heterocycles. The molecule has 0 aliphatic rings. The van der Waals surface area contributed by atoms with Gasteiger partial charge in [-0.2, -0.15) is 0 Å². The molecule has 0 aromatic heterocycles. The Morgan fingerprint density at radius 1 is 0.700 bits per heavy atom. The van der Waals surface area contributed by atoms with Crippen molar-refractivity contribution < 1.29 is 0 Å². The van der Waals surface area contributed by atoms with Gasteiger partial charge in [0, 0.05) is 0 Å². The van der Waals surface area contributed by atoms with E-state index in [2.05, 4.69) is 66.9 Å². The van der Waals surface area contributed by atoms with Crippen LogP contribution in [0.1, 0.15) is 67.2 Å². The van der Waals surface area contributed by atoms with Gasteiger partial charge in [0.2, 0.25) is 0 Å². The Morgan fingerprint density at radius 3 is 1.20 bits per heavy atom. The molecule has 0 heteroatoms. The second-order valence-corrected chi connectivity index (χ2v) is 6.70. The minimum atomic E-state index is 0.610. The van der Waals surface area contributed by atoms with Crippen LogP contribution in [0.4, 0.5) is 0 Å². The van der Waals surface area contributed by atoms with Gasteiger partial charge in [-0.25, -0.2) is 0 Å². The highest BCUT2D eigenvalue weighted by Gasteiger charge is 2.13. The molecule has 114 valence electrons. The largest absolute Gasteiger partial charge is 0.0998 e. The van der Waals surface area contributed by atoms with Crippen molar-refractivity contribution in [2.24, 2.45) is 11.8 Å². The van der Waals surface area contributed by atoms with Crippen molar-refractivity contribution in [1.29, 1.82) is 0 Å². The molecule has 0 N–H and O–H groups in total. The summed E-state index contributed by atoms with van der Waals surface area (Å²) in [6.45, 7) is 21.3. The standard InChI is InChI=1S/C20H34/c1-15(2)9-11-19(17(5)6)13-14-20(18(7)8)12-10-16(3)4/h9-10,19-20H,5,7,11-14H2,1-4,6,8H3. The van der Waals surface area contributed by atoms with Gasteiger partial charge in [0.25, 0.3) is 0 Å². The summed E-state index contributed by atoms with van der Waals surface area (Å²) in [5, 5.41) is 0. The predicted molar refractivity (Wildman–Crippen MR) is 93.9 cm³/mol. The van der Waals surface area contributed by atoms with E-state index in [0.717, 1.165) is 12.8 Å². The van der Waals surface area contributed by atoms with Gasteiger partial charge in [0.15, 0.2) is 0 Å². The molecular formula is C20H34. The van der Waals surface area contributed by atoms with Crippen molar-refractivity contribution in [2.45, 2.75) is 67.2 Å². The minimum Gasteiger partial charge on any atom is -0.0998 e. The van der Waals surface area contributed by atoms with Crippen LogP contribution in [0.5, 0.6) is 0 Å². The molecule has 0 aromatic rings. The van der Waals surface area contributed by atoms with Gasteiger partial charge < -0.3 is 0 Å². The summed E-state index contributed by atoms with van der Waals surface area (Å²) >= 11 is 0. The molecular weight excluding hydrogens is 240 g/mol. The van der Waals surface area contributed by atoms with E-state index in [9.17, 15) is 0 Å². The van der Waals surface area contributed by atoms with Gasteiger partial charge in [-0.1, -0.05) is 47.6 Å². The maximum Gasteiger partial charge on any atom is -0.0174 e. The second kappa shape index (κ2) is 9.80. The maximum absolute atomic E-state index is 4.17. The Bertz CT molecular complexity index is 333. The van der Waals surface area contributed by atoms with Crippen LogP contribution < -0.4 is 0 Å². The number of hydrogen-bond donors (Lipinski definition) is 0. The Kier molecular flexibility index (Phi) is 9.29. The lowest BCUT2D eigenvalue weighted by molar-refractivity contribution is 0.463. The average Bonchev–Trinajstić information content (AvgIpc) is 2.30. The molecule has 0 radical (unpaired) electrons. The molecule has 0 aliphatic heterocycles. The van der Waals surface area contributed by atoms with E-state index in [4.69, 9.17) is 0 Å². The summed E-state index contributed by atoms with van der Waals surface area (Å²) in [6, 6.07) is 0. The first kappa shape index (κ1) is 19.0. The Hall–Kier alpha value is -1.04. The van der Waals surface area contributed by atoms with Gasteiger partial charge >= 0.3 is 0 Å². The van der Waals surface area contributed by atoms with Crippen molar-refractivity contribution in [3.05, 3.63) is 47.6 Å². The van der Waals surface area contributed by atoms with Crippen LogP contribution in [0, 0.1) is 11.8 Å². The second-order valence-electron chi connectivity index (χ2n) is 6.70. The van der Waals surface area contributed by atoms with Gasteiger partial charge in [-0.05, 0) is 79.1 Å². The van der Waals surface area contributed by atoms with Crippen molar-refractivity contribution in [3.8, 4) is 0 Å². The van der Waals surface area contributed by atoms with Crippen molar-refractivity contribution >= 4 is 0 Å². The van der Waals surface area contributed by atoms with Crippen molar-refractivity contribution in [3.63, 3.8) is 0 Å². The number of allylic oxidation sites excluding steroid dienone is 6. The first-order valence-corrected chi connectivity index (χ1v) is 7.81. The third kappa shape index (κ3) is 8.96. The summed E-state index contributed by atoms with van der Waals surface area (Å²) in [4.78, 5) is 0. The third-order valence-electron chi connectivity index (χ3n) is 3.88. The first-order chi connectivity index (χ1) is 9.23. The van der Waals surface area contributed by atoms with E-state index < -0.39 is 0 Å². The van der Waals surface area contributed by atoms with E-state index in [1.165, 1.54) is 35.1 Å².